The van der Waals surface area contributed by atoms with Crippen molar-refractivity contribution in [2.45, 2.75) is 13.0 Å². The van der Waals surface area contributed by atoms with Gasteiger partial charge in [-0.2, -0.15) is 5.10 Å². The maximum absolute atomic E-state index is 12.3. The quantitative estimate of drug-likeness (QED) is 0.270. The molecule has 0 aliphatic carbocycles. The molecule has 3 aromatic carbocycles. The van der Waals surface area contributed by atoms with Gasteiger partial charge in [0.05, 0.1) is 6.21 Å². The van der Waals surface area contributed by atoms with E-state index in [0.29, 0.717) is 13.0 Å². The Morgan fingerprint density at radius 1 is 0.966 bits per heavy atom. The number of aromatic nitrogens is 1. The van der Waals surface area contributed by atoms with Crippen LogP contribution in [0.15, 0.2) is 74.7 Å². The van der Waals surface area contributed by atoms with Gasteiger partial charge >= 0.3 is 0 Å². The van der Waals surface area contributed by atoms with Crippen molar-refractivity contribution in [3.05, 3.63) is 75.2 Å². The number of rotatable bonds is 5. The van der Waals surface area contributed by atoms with E-state index in [2.05, 4.69) is 71.2 Å². The number of halogens is 2. The fourth-order valence-corrected chi connectivity index (χ4v) is 4.02. The van der Waals surface area contributed by atoms with Gasteiger partial charge in [0.2, 0.25) is 5.91 Å². The third-order valence-electron chi connectivity index (χ3n) is 4.65. The third kappa shape index (κ3) is 4.36. The average molecular weight is 515 g/mol. The van der Waals surface area contributed by atoms with Crippen molar-refractivity contribution in [2.75, 3.05) is 0 Å². The zero-order chi connectivity index (χ0) is 20.4. The summed E-state index contributed by atoms with van der Waals surface area (Å²) in [6.07, 6.45) is 1.85. The predicted molar refractivity (Wildman–Crippen MR) is 123 cm³/mol. The van der Waals surface area contributed by atoms with Crippen LogP contribution in [-0.2, 0) is 11.3 Å². The smallest absolute Gasteiger partial charge is 0.241 e. The zero-order valence-electron chi connectivity index (χ0n) is 15.3. The van der Waals surface area contributed by atoms with Gasteiger partial charge in [0.25, 0.3) is 0 Å². The molecule has 0 unspecified atom stereocenters. The summed E-state index contributed by atoms with van der Waals surface area (Å²) in [6.45, 7) is 0.545. The van der Waals surface area contributed by atoms with E-state index in [1.165, 1.54) is 0 Å². The molecule has 0 saturated heterocycles. The van der Waals surface area contributed by atoms with E-state index in [-0.39, 0.29) is 11.7 Å². The van der Waals surface area contributed by atoms with Crippen LogP contribution in [0.2, 0.25) is 0 Å². The summed E-state index contributed by atoms with van der Waals surface area (Å²) in [6, 6.07) is 18.9. The molecule has 0 saturated carbocycles. The average Bonchev–Trinajstić information content (AvgIpc) is 3.00. The number of benzene rings is 3. The molecule has 0 atom stereocenters. The summed E-state index contributed by atoms with van der Waals surface area (Å²) < 4.78 is 4.20. The zero-order valence-corrected chi connectivity index (χ0v) is 18.4. The Morgan fingerprint density at radius 2 is 1.55 bits per heavy atom. The first kappa shape index (κ1) is 19.7. The molecule has 1 amide bonds. The molecule has 0 fully saturated rings. The summed E-state index contributed by atoms with van der Waals surface area (Å²) in [5.74, 6) is 0.0284. The van der Waals surface area contributed by atoms with Crippen molar-refractivity contribution in [3.63, 3.8) is 0 Å². The van der Waals surface area contributed by atoms with E-state index in [1.807, 2.05) is 12.1 Å². The van der Waals surface area contributed by atoms with E-state index in [1.54, 1.807) is 30.5 Å². The van der Waals surface area contributed by atoms with Crippen LogP contribution < -0.4 is 5.43 Å². The van der Waals surface area contributed by atoms with Crippen LogP contribution in [0.25, 0.3) is 21.8 Å². The summed E-state index contributed by atoms with van der Waals surface area (Å²) in [7, 11) is 0. The number of amides is 1. The second kappa shape index (κ2) is 8.39. The number of aromatic hydroxyl groups is 1. The molecule has 0 aliphatic heterocycles. The Bertz CT molecular complexity index is 1170. The van der Waals surface area contributed by atoms with Crippen molar-refractivity contribution in [2.24, 2.45) is 5.10 Å². The summed E-state index contributed by atoms with van der Waals surface area (Å²) in [4.78, 5) is 12.3. The molecule has 29 heavy (non-hydrogen) atoms. The third-order valence-corrected chi connectivity index (χ3v) is 5.63. The number of nitrogens with one attached hydrogen (secondary N) is 1. The van der Waals surface area contributed by atoms with Crippen LogP contribution in [0.3, 0.4) is 0 Å². The highest BCUT2D eigenvalue weighted by molar-refractivity contribution is 9.10. The van der Waals surface area contributed by atoms with Gasteiger partial charge in [-0.3, -0.25) is 4.79 Å². The molecule has 2 N–H and O–H groups in total. The normalized spacial score (nSPS) is 11.5. The predicted octanol–water partition coefficient (Wildman–Crippen LogP) is 5.57. The molecule has 0 bridgehead atoms. The number of carbonyl (C=O) groups is 1. The van der Waals surface area contributed by atoms with Gasteiger partial charge in [-0.15, -0.1) is 0 Å². The van der Waals surface area contributed by atoms with Crippen molar-refractivity contribution < 1.29 is 9.90 Å². The SMILES string of the molecule is O=C(CCn1c2ccc(Br)cc2c2cc(Br)ccc21)N/N=C/c1ccc(O)cc1. The number of phenolic OH excluding ortho intramolecular Hbond substituents is 1. The maximum Gasteiger partial charge on any atom is 0.241 e. The minimum Gasteiger partial charge on any atom is -0.508 e. The van der Waals surface area contributed by atoms with E-state index >= 15 is 0 Å². The Hall–Kier alpha value is -2.64. The van der Waals surface area contributed by atoms with Crippen LogP contribution in [-0.4, -0.2) is 21.8 Å². The molecule has 1 heterocycles. The number of hydrogen-bond acceptors (Lipinski definition) is 3. The number of carbonyl (C=O) groups excluding carboxylic acids is 1. The van der Waals surface area contributed by atoms with Crippen LogP contribution in [0.5, 0.6) is 5.75 Å². The van der Waals surface area contributed by atoms with Crippen LogP contribution in [0, 0.1) is 0 Å². The van der Waals surface area contributed by atoms with E-state index < -0.39 is 0 Å². The lowest BCUT2D eigenvalue weighted by Gasteiger charge is -2.07. The Kier molecular flexibility index (Phi) is 5.69. The second-order valence-electron chi connectivity index (χ2n) is 6.61. The summed E-state index contributed by atoms with van der Waals surface area (Å²) >= 11 is 7.09. The topological polar surface area (TPSA) is 66.6 Å². The van der Waals surface area contributed by atoms with Crippen LogP contribution >= 0.6 is 31.9 Å². The first-order valence-corrected chi connectivity index (χ1v) is 10.6. The van der Waals surface area contributed by atoms with Gasteiger partial charge in [0, 0.05) is 43.7 Å². The van der Waals surface area contributed by atoms with Crippen molar-refractivity contribution in [1.29, 1.82) is 0 Å². The molecule has 0 radical (unpaired) electrons. The highest BCUT2D eigenvalue weighted by atomic mass is 79.9. The largest absolute Gasteiger partial charge is 0.508 e. The number of nitrogens with zero attached hydrogens (tertiary/aromatic N) is 2. The highest BCUT2D eigenvalue weighted by Gasteiger charge is 2.12. The summed E-state index contributed by atoms with van der Waals surface area (Å²) in [5, 5.41) is 15.6. The number of fused-ring (bicyclic) bond motifs is 3. The van der Waals surface area contributed by atoms with E-state index in [0.717, 1.165) is 36.3 Å². The molecule has 146 valence electrons. The molecule has 4 rings (SSSR count). The molecule has 4 aromatic rings. The van der Waals surface area contributed by atoms with Gasteiger partial charge in [0.1, 0.15) is 5.75 Å². The minimum absolute atomic E-state index is 0.163. The first-order valence-electron chi connectivity index (χ1n) is 8.99. The summed E-state index contributed by atoms with van der Waals surface area (Å²) in [5.41, 5.74) is 5.53. The van der Waals surface area contributed by atoms with Crippen LogP contribution in [0.1, 0.15) is 12.0 Å². The maximum atomic E-state index is 12.3. The second-order valence-corrected chi connectivity index (χ2v) is 8.44. The monoisotopic (exact) mass is 513 g/mol. The number of phenols is 1. The lowest BCUT2D eigenvalue weighted by atomic mass is 10.2. The lowest BCUT2D eigenvalue weighted by molar-refractivity contribution is -0.121. The van der Waals surface area contributed by atoms with Gasteiger partial charge in [-0.05, 0) is 66.2 Å². The lowest BCUT2D eigenvalue weighted by Crippen LogP contribution is -2.19. The molecule has 1 aromatic heterocycles. The minimum atomic E-state index is -0.163. The Morgan fingerprint density at radius 3 is 2.14 bits per heavy atom. The first-order chi connectivity index (χ1) is 14.0. The fourth-order valence-electron chi connectivity index (χ4n) is 3.30. The van der Waals surface area contributed by atoms with Gasteiger partial charge in [-0.25, -0.2) is 5.43 Å². The number of hydrazone groups is 1. The van der Waals surface area contributed by atoms with Crippen molar-refractivity contribution in [3.8, 4) is 5.75 Å². The molecule has 7 heteroatoms. The standard InChI is InChI=1S/C22H17Br2N3O2/c23-15-3-7-20-18(11-15)19-12-16(24)4-8-21(19)27(20)10-9-22(29)26-25-13-14-1-5-17(28)6-2-14/h1-8,11-13,28H,9-10H2,(H,26,29)/b25-13+. The van der Waals surface area contributed by atoms with E-state index in [4.69, 9.17) is 0 Å². The fraction of sp³-hybridized carbons (Fsp3) is 0.0909. The molecular formula is C22H17Br2N3O2. The molecule has 5 nitrogen and oxygen atoms in total. The van der Waals surface area contributed by atoms with Crippen molar-refractivity contribution in [1.82, 2.24) is 9.99 Å². The Labute approximate surface area is 184 Å². The highest BCUT2D eigenvalue weighted by Crippen LogP contribution is 2.33. The van der Waals surface area contributed by atoms with Crippen molar-refractivity contribution >= 4 is 65.8 Å². The number of aryl methyl sites for hydroxylation is 1. The molecule has 0 spiro atoms. The number of hydrogen-bond donors (Lipinski definition) is 2. The molecular weight excluding hydrogens is 498 g/mol. The molecule has 0 aliphatic rings. The van der Waals surface area contributed by atoms with Gasteiger partial charge in [0.15, 0.2) is 0 Å². The Balaban J connectivity index is 1.51. The van der Waals surface area contributed by atoms with Crippen LogP contribution in [0.4, 0.5) is 0 Å². The van der Waals surface area contributed by atoms with Gasteiger partial charge in [-0.1, -0.05) is 31.9 Å². The van der Waals surface area contributed by atoms with Gasteiger partial charge < -0.3 is 9.67 Å². The van der Waals surface area contributed by atoms with E-state index in [9.17, 15) is 9.90 Å².